The second kappa shape index (κ2) is 7.32. The number of nitriles is 1. The molecular weight excluding hydrogens is 356 g/mol. The predicted octanol–water partition coefficient (Wildman–Crippen LogP) is 5.57. The first-order valence-electron chi connectivity index (χ1n) is 9.22. The van der Waals surface area contributed by atoms with Crippen molar-refractivity contribution in [1.29, 1.82) is 5.26 Å². The molecule has 0 atom stereocenters. The summed E-state index contributed by atoms with van der Waals surface area (Å²) in [6.07, 6.45) is 2.17. The molecule has 1 aliphatic carbocycles. The number of rotatable bonds is 5. The number of aromatic nitrogens is 1. The van der Waals surface area contributed by atoms with Crippen molar-refractivity contribution >= 4 is 23.1 Å². The van der Waals surface area contributed by atoms with Crippen molar-refractivity contribution in [1.82, 2.24) is 4.37 Å². The standard InChI is InChI=1S/C21H26N4OS/c1-12(2)19(23-6)24-16-9-14(4)17(10-13(16)3)26-20-15(11-22)18(25-27-20)21(5)7-8-21/h9-10,12H,7-8H2,1-6H3,(H,23,24). The third kappa shape index (κ3) is 3.84. The Balaban J connectivity index is 1.88. The predicted molar refractivity (Wildman–Crippen MR) is 111 cm³/mol. The van der Waals surface area contributed by atoms with E-state index >= 15 is 0 Å². The Morgan fingerprint density at radius 3 is 2.59 bits per heavy atom. The molecule has 0 spiro atoms. The summed E-state index contributed by atoms with van der Waals surface area (Å²) in [6.45, 7) is 10.4. The summed E-state index contributed by atoms with van der Waals surface area (Å²) in [4.78, 5) is 4.33. The van der Waals surface area contributed by atoms with Gasteiger partial charge in [-0.15, -0.1) is 0 Å². The van der Waals surface area contributed by atoms with Gasteiger partial charge < -0.3 is 10.1 Å². The molecule has 1 N–H and O–H groups in total. The second-order valence-electron chi connectivity index (χ2n) is 7.79. The van der Waals surface area contributed by atoms with Gasteiger partial charge in [0, 0.05) is 35.6 Å². The lowest BCUT2D eigenvalue weighted by molar-refractivity contribution is 0.490. The molecule has 1 aliphatic rings. The van der Waals surface area contributed by atoms with Gasteiger partial charge in [-0.1, -0.05) is 20.8 Å². The molecule has 0 bridgehead atoms. The van der Waals surface area contributed by atoms with E-state index in [2.05, 4.69) is 47.6 Å². The number of benzene rings is 1. The molecule has 27 heavy (non-hydrogen) atoms. The van der Waals surface area contributed by atoms with Gasteiger partial charge in [0.15, 0.2) is 0 Å². The first-order chi connectivity index (χ1) is 12.8. The van der Waals surface area contributed by atoms with Crippen LogP contribution in [0.4, 0.5) is 5.69 Å². The maximum atomic E-state index is 9.62. The lowest BCUT2D eigenvalue weighted by Crippen LogP contribution is -2.19. The van der Waals surface area contributed by atoms with Gasteiger partial charge in [-0.3, -0.25) is 4.99 Å². The molecule has 1 heterocycles. The average Bonchev–Trinajstić information content (AvgIpc) is 3.23. The van der Waals surface area contributed by atoms with Crippen molar-refractivity contribution in [3.05, 3.63) is 34.5 Å². The lowest BCUT2D eigenvalue weighted by Gasteiger charge is -2.17. The van der Waals surface area contributed by atoms with Crippen LogP contribution in [0.1, 0.15) is 56.0 Å². The number of hydrogen-bond donors (Lipinski definition) is 1. The molecule has 0 radical (unpaired) electrons. The van der Waals surface area contributed by atoms with E-state index in [1.165, 1.54) is 11.5 Å². The highest BCUT2D eigenvalue weighted by Crippen LogP contribution is 2.51. The van der Waals surface area contributed by atoms with Crippen LogP contribution in [0.5, 0.6) is 10.8 Å². The first kappa shape index (κ1) is 19.4. The van der Waals surface area contributed by atoms with E-state index in [0.717, 1.165) is 46.9 Å². The van der Waals surface area contributed by atoms with Gasteiger partial charge in [-0.05, 0) is 49.9 Å². The topological polar surface area (TPSA) is 70.3 Å². The van der Waals surface area contributed by atoms with E-state index in [1.54, 1.807) is 7.05 Å². The van der Waals surface area contributed by atoms with E-state index < -0.39 is 0 Å². The molecule has 1 saturated carbocycles. The van der Waals surface area contributed by atoms with E-state index in [0.29, 0.717) is 16.5 Å². The Labute approximate surface area is 165 Å². The van der Waals surface area contributed by atoms with Gasteiger partial charge >= 0.3 is 0 Å². The zero-order valence-corrected chi connectivity index (χ0v) is 17.6. The van der Waals surface area contributed by atoms with Gasteiger partial charge in [0.05, 0.1) is 5.69 Å². The number of nitrogens with one attached hydrogen (secondary N) is 1. The van der Waals surface area contributed by atoms with Crippen LogP contribution in [0.3, 0.4) is 0 Å². The van der Waals surface area contributed by atoms with Crippen LogP contribution in [-0.4, -0.2) is 17.3 Å². The summed E-state index contributed by atoms with van der Waals surface area (Å²) < 4.78 is 10.6. The number of aryl methyl sites for hydroxylation is 2. The van der Waals surface area contributed by atoms with Crippen LogP contribution in [0.25, 0.3) is 0 Å². The van der Waals surface area contributed by atoms with Crippen LogP contribution in [0, 0.1) is 31.1 Å². The minimum atomic E-state index is 0.0502. The van der Waals surface area contributed by atoms with Crippen molar-refractivity contribution in [2.24, 2.45) is 10.9 Å². The number of aliphatic imine (C=N–C) groups is 1. The smallest absolute Gasteiger partial charge is 0.218 e. The second-order valence-corrected chi connectivity index (χ2v) is 8.53. The number of hydrogen-bond acceptors (Lipinski definition) is 5. The Kier molecular flexibility index (Phi) is 5.25. The normalized spacial score (nSPS) is 15.6. The molecule has 0 unspecified atom stereocenters. The molecule has 3 rings (SSSR count). The van der Waals surface area contributed by atoms with Crippen molar-refractivity contribution in [2.45, 2.75) is 52.9 Å². The van der Waals surface area contributed by atoms with Crippen LogP contribution in [-0.2, 0) is 5.41 Å². The summed E-state index contributed by atoms with van der Waals surface area (Å²) in [7, 11) is 1.80. The summed E-state index contributed by atoms with van der Waals surface area (Å²) in [5.74, 6) is 2.02. The zero-order chi connectivity index (χ0) is 19.8. The van der Waals surface area contributed by atoms with Crippen molar-refractivity contribution in [3.63, 3.8) is 0 Å². The van der Waals surface area contributed by atoms with E-state index in [9.17, 15) is 5.26 Å². The van der Waals surface area contributed by atoms with Crippen molar-refractivity contribution in [3.8, 4) is 16.9 Å². The molecule has 5 nitrogen and oxygen atoms in total. The van der Waals surface area contributed by atoms with Gasteiger partial charge in [0.25, 0.3) is 0 Å². The molecule has 0 saturated heterocycles. The fourth-order valence-corrected chi connectivity index (χ4v) is 3.86. The minimum absolute atomic E-state index is 0.0502. The zero-order valence-electron chi connectivity index (χ0n) is 16.8. The Morgan fingerprint density at radius 1 is 1.33 bits per heavy atom. The molecule has 1 aromatic carbocycles. The summed E-state index contributed by atoms with van der Waals surface area (Å²) in [5.41, 5.74) is 4.60. The maximum Gasteiger partial charge on any atom is 0.218 e. The largest absolute Gasteiger partial charge is 0.443 e. The first-order valence-corrected chi connectivity index (χ1v) is 9.99. The lowest BCUT2D eigenvalue weighted by atomic mass is 10.0. The van der Waals surface area contributed by atoms with Gasteiger partial charge in [-0.25, -0.2) is 0 Å². The quantitative estimate of drug-likeness (QED) is 0.542. The molecule has 1 aromatic heterocycles. The summed E-state index contributed by atoms with van der Waals surface area (Å²) in [6, 6.07) is 6.37. The van der Waals surface area contributed by atoms with E-state index in [4.69, 9.17) is 4.74 Å². The van der Waals surface area contributed by atoms with Crippen LogP contribution >= 0.6 is 11.5 Å². The Morgan fingerprint density at radius 2 is 2.04 bits per heavy atom. The third-order valence-corrected chi connectivity index (χ3v) is 5.85. The van der Waals surface area contributed by atoms with Gasteiger partial charge in [-0.2, -0.15) is 9.64 Å². The minimum Gasteiger partial charge on any atom is -0.443 e. The Hall–Kier alpha value is -2.39. The molecule has 0 aliphatic heterocycles. The highest BCUT2D eigenvalue weighted by molar-refractivity contribution is 7.08. The molecular formula is C21H26N4OS. The van der Waals surface area contributed by atoms with Crippen LogP contribution in [0.2, 0.25) is 0 Å². The molecule has 1 fully saturated rings. The number of ether oxygens (including phenoxy) is 1. The highest BCUT2D eigenvalue weighted by atomic mass is 32.1. The van der Waals surface area contributed by atoms with Crippen LogP contribution < -0.4 is 10.1 Å². The molecule has 0 amide bonds. The number of amidine groups is 1. The van der Waals surface area contributed by atoms with Gasteiger partial charge in [0.2, 0.25) is 5.06 Å². The third-order valence-electron chi connectivity index (χ3n) is 5.12. The highest BCUT2D eigenvalue weighted by Gasteiger charge is 2.44. The summed E-state index contributed by atoms with van der Waals surface area (Å²) >= 11 is 1.27. The van der Waals surface area contributed by atoms with Gasteiger partial charge in [0.1, 0.15) is 23.2 Å². The van der Waals surface area contributed by atoms with Crippen molar-refractivity contribution in [2.75, 3.05) is 12.4 Å². The SMILES string of the molecule is CN=C(Nc1cc(C)c(Oc2snc(C3(C)CC3)c2C#N)cc1C)C(C)C. The monoisotopic (exact) mass is 382 g/mol. The van der Waals surface area contributed by atoms with E-state index in [1.807, 2.05) is 19.9 Å². The average molecular weight is 383 g/mol. The van der Waals surface area contributed by atoms with Crippen LogP contribution in [0.15, 0.2) is 17.1 Å². The summed E-state index contributed by atoms with van der Waals surface area (Å²) in [5, 5.41) is 13.6. The Bertz CT molecular complexity index is 932. The fraction of sp³-hybridized carbons (Fsp3) is 0.476. The number of nitrogens with zero attached hydrogens (tertiary/aromatic N) is 3. The molecule has 2 aromatic rings. The molecule has 142 valence electrons. The van der Waals surface area contributed by atoms with Crippen molar-refractivity contribution < 1.29 is 4.74 Å². The van der Waals surface area contributed by atoms with E-state index in [-0.39, 0.29) is 5.41 Å². The molecule has 6 heteroatoms. The number of anilines is 1. The maximum absolute atomic E-state index is 9.62. The fourth-order valence-electron chi connectivity index (χ4n) is 3.01.